The van der Waals surface area contributed by atoms with Crippen LogP contribution in [0.3, 0.4) is 0 Å². The van der Waals surface area contributed by atoms with Gasteiger partial charge in [0.05, 0.1) is 11.3 Å². The van der Waals surface area contributed by atoms with Crippen molar-refractivity contribution in [2.24, 2.45) is 0 Å². The Bertz CT molecular complexity index is 789. The van der Waals surface area contributed by atoms with Gasteiger partial charge in [-0.2, -0.15) is 31.3 Å². The first-order valence-corrected chi connectivity index (χ1v) is 8.02. The number of halogens is 7. The lowest BCUT2D eigenvalue weighted by Crippen LogP contribution is -2.17. The largest absolute Gasteiger partial charge is 0.433 e. The summed E-state index contributed by atoms with van der Waals surface area (Å²) in [6, 6.07) is 3.19. The SMILES string of the molecule is CC(C)Nc1nc(Nc2ccc(C(F)(F)F)cc2Br)cc(C(F)(F)F)n1. The number of aromatic nitrogens is 2. The normalized spacial score (nSPS) is 12.4. The lowest BCUT2D eigenvalue weighted by atomic mass is 10.2. The average molecular weight is 443 g/mol. The van der Waals surface area contributed by atoms with Gasteiger partial charge in [0.2, 0.25) is 5.95 Å². The highest BCUT2D eigenvalue weighted by atomic mass is 79.9. The van der Waals surface area contributed by atoms with E-state index in [4.69, 9.17) is 0 Å². The Labute approximate surface area is 153 Å². The van der Waals surface area contributed by atoms with Crippen LogP contribution >= 0.6 is 15.9 Å². The third kappa shape index (κ3) is 5.23. The van der Waals surface area contributed by atoms with Gasteiger partial charge in [0.1, 0.15) is 5.82 Å². The third-order valence-electron chi connectivity index (χ3n) is 2.99. The molecule has 0 aliphatic carbocycles. The molecule has 142 valence electrons. The van der Waals surface area contributed by atoms with E-state index in [0.717, 1.165) is 18.2 Å². The molecule has 0 bridgehead atoms. The summed E-state index contributed by atoms with van der Waals surface area (Å²) in [4.78, 5) is 7.33. The lowest BCUT2D eigenvalue weighted by Gasteiger charge is -2.15. The van der Waals surface area contributed by atoms with Gasteiger partial charge in [-0.15, -0.1) is 0 Å². The van der Waals surface area contributed by atoms with Gasteiger partial charge in [0.25, 0.3) is 0 Å². The molecule has 0 fully saturated rings. The summed E-state index contributed by atoms with van der Waals surface area (Å²) in [5, 5.41) is 5.24. The molecule has 0 atom stereocenters. The van der Waals surface area contributed by atoms with Crippen LogP contribution in [0.25, 0.3) is 0 Å². The maximum absolute atomic E-state index is 13.0. The molecule has 11 heteroatoms. The highest BCUT2D eigenvalue weighted by molar-refractivity contribution is 9.10. The first-order chi connectivity index (χ1) is 11.9. The summed E-state index contributed by atoms with van der Waals surface area (Å²) in [5.74, 6) is -0.462. The Morgan fingerprint density at radius 3 is 2.12 bits per heavy atom. The molecule has 0 saturated heterocycles. The molecule has 0 radical (unpaired) electrons. The zero-order chi connectivity index (χ0) is 19.7. The second kappa shape index (κ2) is 7.29. The van der Waals surface area contributed by atoms with E-state index >= 15 is 0 Å². The Hall–Kier alpha value is -2.04. The van der Waals surface area contributed by atoms with Crippen LogP contribution in [0.1, 0.15) is 25.1 Å². The van der Waals surface area contributed by atoms with E-state index in [1.54, 1.807) is 13.8 Å². The molecule has 0 amide bonds. The van der Waals surface area contributed by atoms with Crippen LogP contribution in [-0.4, -0.2) is 16.0 Å². The van der Waals surface area contributed by atoms with E-state index in [-0.39, 0.29) is 28.0 Å². The van der Waals surface area contributed by atoms with Crippen LogP contribution in [0.4, 0.5) is 43.8 Å². The molecule has 1 heterocycles. The van der Waals surface area contributed by atoms with Crippen molar-refractivity contribution >= 4 is 33.4 Å². The molecule has 1 aromatic heterocycles. The van der Waals surface area contributed by atoms with Gasteiger partial charge in [-0.3, -0.25) is 0 Å². The van der Waals surface area contributed by atoms with Gasteiger partial charge in [0.15, 0.2) is 5.69 Å². The maximum Gasteiger partial charge on any atom is 0.433 e. The second-order valence-electron chi connectivity index (χ2n) is 5.58. The van der Waals surface area contributed by atoms with Gasteiger partial charge < -0.3 is 10.6 Å². The molecule has 4 nitrogen and oxygen atoms in total. The number of benzene rings is 1. The monoisotopic (exact) mass is 442 g/mol. The molecule has 0 saturated carbocycles. The van der Waals surface area contributed by atoms with Crippen LogP contribution in [0, 0.1) is 0 Å². The quantitative estimate of drug-likeness (QED) is 0.583. The van der Waals surface area contributed by atoms with E-state index in [9.17, 15) is 26.3 Å². The molecule has 0 unspecified atom stereocenters. The lowest BCUT2D eigenvalue weighted by molar-refractivity contribution is -0.141. The van der Waals surface area contributed by atoms with Crippen molar-refractivity contribution in [1.29, 1.82) is 0 Å². The molecular formula is C15H13BrF6N4. The minimum absolute atomic E-state index is 0.0258. The van der Waals surface area contributed by atoms with Crippen molar-refractivity contribution in [2.75, 3.05) is 10.6 Å². The van der Waals surface area contributed by atoms with Crippen molar-refractivity contribution in [3.63, 3.8) is 0 Å². The molecule has 1 aromatic carbocycles. The third-order valence-corrected chi connectivity index (χ3v) is 3.65. The van der Waals surface area contributed by atoms with Gasteiger partial charge in [0, 0.05) is 16.6 Å². The molecular weight excluding hydrogens is 430 g/mol. The minimum atomic E-state index is -4.70. The van der Waals surface area contributed by atoms with Gasteiger partial charge >= 0.3 is 12.4 Å². The number of rotatable bonds is 4. The second-order valence-corrected chi connectivity index (χ2v) is 6.43. The molecule has 2 N–H and O–H groups in total. The van der Waals surface area contributed by atoms with E-state index in [0.29, 0.717) is 6.07 Å². The minimum Gasteiger partial charge on any atom is -0.352 e. The standard InChI is InChI=1S/C15H13BrF6N4/c1-7(2)23-13-25-11(15(20,21)22)6-12(26-13)24-10-4-3-8(5-9(10)16)14(17,18)19/h3-7H,1-2H3,(H2,23,24,25,26). The van der Waals surface area contributed by atoms with Crippen LogP contribution in [0.15, 0.2) is 28.7 Å². The summed E-state index contributed by atoms with van der Waals surface area (Å²) in [7, 11) is 0. The highest BCUT2D eigenvalue weighted by Crippen LogP contribution is 2.35. The first kappa shape index (κ1) is 20.3. The van der Waals surface area contributed by atoms with Crippen molar-refractivity contribution in [3.05, 3.63) is 40.0 Å². The number of hydrogen-bond donors (Lipinski definition) is 2. The molecule has 2 rings (SSSR count). The average Bonchev–Trinajstić information content (AvgIpc) is 2.46. The van der Waals surface area contributed by atoms with Crippen LogP contribution < -0.4 is 10.6 Å². The number of hydrogen-bond acceptors (Lipinski definition) is 4. The zero-order valence-electron chi connectivity index (χ0n) is 13.4. The predicted octanol–water partition coefficient (Wildman–Crippen LogP) is 5.84. The Balaban J connectivity index is 2.39. The molecule has 2 aromatic rings. The number of nitrogens with zero attached hydrogens (tertiary/aromatic N) is 2. The first-order valence-electron chi connectivity index (χ1n) is 7.23. The summed E-state index contributed by atoms with van der Waals surface area (Å²) < 4.78 is 77.1. The van der Waals surface area contributed by atoms with Gasteiger partial charge in [-0.05, 0) is 48.0 Å². The van der Waals surface area contributed by atoms with Crippen molar-refractivity contribution < 1.29 is 26.3 Å². The van der Waals surface area contributed by atoms with E-state index in [1.165, 1.54) is 0 Å². The number of alkyl halides is 6. The van der Waals surface area contributed by atoms with Crippen LogP contribution in [0.2, 0.25) is 0 Å². The van der Waals surface area contributed by atoms with Gasteiger partial charge in [-0.1, -0.05) is 0 Å². The van der Waals surface area contributed by atoms with Crippen molar-refractivity contribution in [1.82, 2.24) is 9.97 Å². The van der Waals surface area contributed by atoms with Gasteiger partial charge in [-0.25, -0.2) is 4.98 Å². The van der Waals surface area contributed by atoms with E-state index in [2.05, 4.69) is 36.5 Å². The summed E-state index contributed by atoms with van der Waals surface area (Å²) in [5.41, 5.74) is -1.95. The number of anilines is 3. The molecule has 0 aliphatic rings. The fraction of sp³-hybridized carbons (Fsp3) is 0.333. The Morgan fingerprint density at radius 2 is 1.62 bits per heavy atom. The topological polar surface area (TPSA) is 49.8 Å². The summed E-state index contributed by atoms with van der Waals surface area (Å²) >= 11 is 2.97. The van der Waals surface area contributed by atoms with Crippen molar-refractivity contribution in [2.45, 2.75) is 32.2 Å². The van der Waals surface area contributed by atoms with Crippen LogP contribution in [-0.2, 0) is 12.4 Å². The molecule has 0 aliphatic heterocycles. The predicted molar refractivity (Wildman–Crippen MR) is 88.2 cm³/mol. The number of nitrogens with one attached hydrogen (secondary N) is 2. The summed E-state index contributed by atoms with van der Waals surface area (Å²) in [6.45, 7) is 3.40. The van der Waals surface area contributed by atoms with Crippen LogP contribution in [0.5, 0.6) is 0 Å². The van der Waals surface area contributed by atoms with Crippen molar-refractivity contribution in [3.8, 4) is 0 Å². The zero-order valence-corrected chi connectivity index (χ0v) is 15.0. The molecule has 26 heavy (non-hydrogen) atoms. The highest BCUT2D eigenvalue weighted by Gasteiger charge is 2.34. The smallest absolute Gasteiger partial charge is 0.352 e. The summed E-state index contributed by atoms with van der Waals surface area (Å²) in [6.07, 6.45) is -9.24. The maximum atomic E-state index is 13.0. The molecule has 0 spiro atoms. The van der Waals surface area contributed by atoms with E-state index < -0.39 is 23.6 Å². The fourth-order valence-electron chi connectivity index (χ4n) is 1.91. The van der Waals surface area contributed by atoms with E-state index in [1.807, 2.05) is 0 Å². The Morgan fingerprint density at radius 1 is 0.962 bits per heavy atom. The fourth-order valence-corrected chi connectivity index (χ4v) is 2.39. The Kier molecular flexibility index (Phi) is 5.69.